The van der Waals surface area contributed by atoms with E-state index >= 15 is 0 Å². The van der Waals surface area contributed by atoms with Crippen molar-refractivity contribution in [3.63, 3.8) is 0 Å². The minimum absolute atomic E-state index is 0.340. The number of halogens is 3. The number of hydrogen-bond acceptors (Lipinski definition) is 3. The lowest BCUT2D eigenvalue weighted by Crippen LogP contribution is -2.30. The molecule has 21 heavy (non-hydrogen) atoms. The number of rotatable bonds is 4. The van der Waals surface area contributed by atoms with Crippen molar-refractivity contribution < 1.29 is 22.0 Å². The zero-order valence-electron chi connectivity index (χ0n) is 11.4. The molecular weight excluding hydrogens is 324 g/mol. The van der Waals surface area contributed by atoms with Crippen LogP contribution < -0.4 is 0 Å². The molecule has 1 aliphatic rings. The van der Waals surface area contributed by atoms with E-state index in [-0.39, 0.29) is 0 Å². The molecule has 4 nitrogen and oxygen atoms in total. The van der Waals surface area contributed by atoms with Crippen LogP contribution in [0.2, 0.25) is 0 Å². The van der Waals surface area contributed by atoms with Gasteiger partial charge in [0.2, 0.25) is 0 Å². The van der Waals surface area contributed by atoms with E-state index in [1.807, 2.05) is 6.92 Å². The van der Waals surface area contributed by atoms with Gasteiger partial charge in [0.1, 0.15) is 10.7 Å². The predicted molar refractivity (Wildman–Crippen MR) is 73.6 cm³/mol. The number of carbonyl (C=O) groups excluding carboxylic acids is 1. The third kappa shape index (κ3) is 3.52. The van der Waals surface area contributed by atoms with Crippen molar-refractivity contribution in [2.45, 2.75) is 18.2 Å². The summed E-state index contributed by atoms with van der Waals surface area (Å²) < 4.78 is 50.0. The van der Waals surface area contributed by atoms with Gasteiger partial charge in [-0.15, -0.1) is 0 Å². The molecule has 0 spiro atoms. The lowest BCUT2D eigenvalue weighted by molar-refractivity contribution is 0.0781. The van der Waals surface area contributed by atoms with E-state index in [2.05, 4.69) is 0 Å². The van der Waals surface area contributed by atoms with E-state index in [0.29, 0.717) is 30.5 Å². The molecule has 1 aromatic carbocycles. The summed E-state index contributed by atoms with van der Waals surface area (Å²) in [5, 5.41) is 0. The third-order valence-corrected chi connectivity index (χ3v) is 4.95. The van der Waals surface area contributed by atoms with Gasteiger partial charge in [-0.3, -0.25) is 4.79 Å². The summed E-state index contributed by atoms with van der Waals surface area (Å²) in [6.07, 6.45) is 0.977. The molecule has 0 aromatic heterocycles. The topological polar surface area (TPSA) is 54.5 Å². The highest BCUT2D eigenvalue weighted by molar-refractivity contribution is 8.13. The standard InChI is InChI=1S/C13H14ClF2NO3S/c1-7-3-8(7)6-17(2)13(18)10-4-9(15)5-11(12(10)16)21(14,19)20/h4-5,7-8H,3,6H2,1-2H3. The fraction of sp³-hybridized carbons (Fsp3) is 0.462. The first-order valence-corrected chi connectivity index (χ1v) is 8.61. The molecule has 0 heterocycles. The molecule has 2 unspecified atom stereocenters. The van der Waals surface area contributed by atoms with Crippen LogP contribution in [0.3, 0.4) is 0 Å². The Kier molecular flexibility index (Phi) is 4.26. The quantitative estimate of drug-likeness (QED) is 0.794. The van der Waals surface area contributed by atoms with E-state index in [1.165, 1.54) is 11.9 Å². The first kappa shape index (κ1) is 16.2. The summed E-state index contributed by atoms with van der Waals surface area (Å²) >= 11 is 0. The molecule has 1 aromatic rings. The highest BCUT2D eigenvalue weighted by Crippen LogP contribution is 2.38. The second kappa shape index (κ2) is 5.53. The SMILES string of the molecule is CC1CC1CN(C)C(=O)c1cc(F)cc(S(=O)(=O)Cl)c1F. The van der Waals surface area contributed by atoms with Gasteiger partial charge in [-0.2, -0.15) is 0 Å². The first-order valence-electron chi connectivity index (χ1n) is 6.30. The van der Waals surface area contributed by atoms with Crippen LogP contribution in [-0.2, 0) is 9.05 Å². The summed E-state index contributed by atoms with van der Waals surface area (Å²) in [6, 6.07) is 1.13. The van der Waals surface area contributed by atoms with Crippen LogP contribution in [-0.4, -0.2) is 32.8 Å². The average Bonchev–Trinajstić information content (AvgIpc) is 3.05. The van der Waals surface area contributed by atoms with Crippen LogP contribution in [0.1, 0.15) is 23.7 Å². The van der Waals surface area contributed by atoms with Crippen molar-refractivity contribution in [1.29, 1.82) is 0 Å². The Bertz CT molecular complexity index is 693. The number of nitrogens with zero attached hydrogens (tertiary/aromatic N) is 1. The second-order valence-electron chi connectivity index (χ2n) is 5.36. The Labute approximate surface area is 126 Å². The monoisotopic (exact) mass is 337 g/mol. The summed E-state index contributed by atoms with van der Waals surface area (Å²) in [6.45, 7) is 2.45. The predicted octanol–water partition coefficient (Wildman–Crippen LogP) is 2.62. The molecule has 1 saturated carbocycles. The van der Waals surface area contributed by atoms with Crippen LogP contribution in [0, 0.1) is 23.5 Å². The Morgan fingerprint density at radius 3 is 2.48 bits per heavy atom. The molecule has 2 atom stereocenters. The minimum atomic E-state index is -4.47. The Hall–Kier alpha value is -1.21. The average molecular weight is 338 g/mol. The van der Waals surface area contributed by atoms with Gasteiger partial charge in [-0.25, -0.2) is 17.2 Å². The second-order valence-corrected chi connectivity index (χ2v) is 7.90. The highest BCUT2D eigenvalue weighted by atomic mass is 35.7. The van der Waals surface area contributed by atoms with Crippen LogP contribution in [0.4, 0.5) is 8.78 Å². The van der Waals surface area contributed by atoms with Crippen molar-refractivity contribution in [1.82, 2.24) is 4.90 Å². The fourth-order valence-corrected chi connectivity index (χ4v) is 3.11. The largest absolute Gasteiger partial charge is 0.341 e. The van der Waals surface area contributed by atoms with E-state index in [9.17, 15) is 22.0 Å². The Morgan fingerprint density at radius 1 is 1.43 bits per heavy atom. The smallest absolute Gasteiger partial charge is 0.264 e. The molecule has 8 heteroatoms. The molecule has 1 amide bonds. The van der Waals surface area contributed by atoms with Crippen LogP contribution >= 0.6 is 10.7 Å². The van der Waals surface area contributed by atoms with Gasteiger partial charge in [0, 0.05) is 24.3 Å². The van der Waals surface area contributed by atoms with Crippen molar-refractivity contribution in [3.8, 4) is 0 Å². The van der Waals surface area contributed by atoms with E-state index in [0.717, 1.165) is 6.42 Å². The Morgan fingerprint density at radius 2 is 2.00 bits per heavy atom. The number of carbonyl (C=O) groups is 1. The number of hydrogen-bond donors (Lipinski definition) is 0. The van der Waals surface area contributed by atoms with Gasteiger partial charge in [0.25, 0.3) is 15.0 Å². The highest BCUT2D eigenvalue weighted by Gasteiger charge is 2.35. The van der Waals surface area contributed by atoms with Crippen LogP contribution in [0.15, 0.2) is 17.0 Å². The lowest BCUT2D eigenvalue weighted by Gasteiger charge is -2.18. The fourth-order valence-electron chi connectivity index (χ4n) is 2.19. The van der Waals surface area contributed by atoms with Gasteiger partial charge < -0.3 is 4.90 Å². The maximum absolute atomic E-state index is 14.1. The molecule has 0 aliphatic heterocycles. The van der Waals surface area contributed by atoms with Gasteiger partial charge in [-0.05, 0) is 30.4 Å². The molecule has 116 valence electrons. The summed E-state index contributed by atoms with van der Waals surface area (Å²) in [4.78, 5) is 12.4. The lowest BCUT2D eigenvalue weighted by atomic mass is 10.1. The summed E-state index contributed by atoms with van der Waals surface area (Å²) in [7, 11) is 2.04. The Balaban J connectivity index is 2.34. The van der Waals surface area contributed by atoms with Gasteiger partial charge in [0.15, 0.2) is 5.82 Å². The zero-order valence-corrected chi connectivity index (χ0v) is 13.0. The zero-order chi connectivity index (χ0) is 15.9. The van der Waals surface area contributed by atoms with E-state index in [4.69, 9.17) is 10.7 Å². The van der Waals surface area contributed by atoms with Gasteiger partial charge in [0.05, 0.1) is 5.56 Å². The molecular formula is C13H14ClF2NO3S. The molecule has 1 aliphatic carbocycles. The van der Waals surface area contributed by atoms with E-state index in [1.54, 1.807) is 0 Å². The van der Waals surface area contributed by atoms with E-state index < -0.39 is 37.1 Å². The van der Waals surface area contributed by atoms with Crippen LogP contribution in [0.25, 0.3) is 0 Å². The van der Waals surface area contributed by atoms with Crippen molar-refractivity contribution >= 4 is 25.6 Å². The molecule has 1 fully saturated rings. The third-order valence-electron chi connectivity index (χ3n) is 3.63. The first-order chi connectivity index (χ1) is 9.61. The van der Waals surface area contributed by atoms with Crippen molar-refractivity contribution in [2.75, 3.05) is 13.6 Å². The molecule has 2 rings (SSSR count). The normalized spacial score (nSPS) is 21.2. The van der Waals surface area contributed by atoms with Gasteiger partial charge >= 0.3 is 0 Å². The van der Waals surface area contributed by atoms with Gasteiger partial charge in [-0.1, -0.05) is 6.92 Å². The maximum Gasteiger partial charge on any atom is 0.264 e. The molecule has 0 bridgehead atoms. The molecule has 0 radical (unpaired) electrons. The minimum Gasteiger partial charge on any atom is -0.341 e. The van der Waals surface area contributed by atoms with Crippen molar-refractivity contribution in [2.24, 2.45) is 11.8 Å². The molecule has 0 saturated heterocycles. The molecule has 0 N–H and O–H groups in total. The number of benzene rings is 1. The number of amides is 1. The maximum atomic E-state index is 14.1. The van der Waals surface area contributed by atoms with Crippen molar-refractivity contribution in [3.05, 3.63) is 29.3 Å². The van der Waals surface area contributed by atoms with Crippen LogP contribution in [0.5, 0.6) is 0 Å². The summed E-state index contributed by atoms with van der Waals surface area (Å²) in [5.41, 5.74) is -0.634. The summed E-state index contributed by atoms with van der Waals surface area (Å²) in [5.74, 6) is -2.30.